The van der Waals surface area contributed by atoms with Crippen LogP contribution in [-0.2, 0) is 17.8 Å². The lowest BCUT2D eigenvalue weighted by molar-refractivity contribution is -0.121. The number of amides is 1. The number of aryl methyl sites for hydroxylation is 2. The van der Waals surface area contributed by atoms with E-state index in [0.717, 1.165) is 22.5 Å². The monoisotopic (exact) mass is 367 g/mol. The molecule has 4 aromatic rings. The highest BCUT2D eigenvalue weighted by atomic mass is 32.1. The zero-order valence-electron chi connectivity index (χ0n) is 14.2. The number of imidazole rings is 1. The number of pyridine rings is 1. The van der Waals surface area contributed by atoms with Crippen LogP contribution in [0.4, 0.5) is 0 Å². The molecule has 0 radical (unpaired) electrons. The quantitative estimate of drug-likeness (QED) is 0.566. The van der Waals surface area contributed by atoms with Crippen LogP contribution in [0.3, 0.4) is 0 Å². The van der Waals surface area contributed by atoms with Gasteiger partial charge < -0.3 is 14.1 Å². The van der Waals surface area contributed by atoms with Gasteiger partial charge in [-0.1, -0.05) is 0 Å². The second kappa shape index (κ2) is 7.09. The van der Waals surface area contributed by atoms with Crippen LogP contribution in [0.2, 0.25) is 0 Å². The van der Waals surface area contributed by atoms with E-state index in [9.17, 15) is 4.79 Å². The number of rotatable bonds is 6. The predicted molar refractivity (Wildman–Crippen MR) is 97.7 cm³/mol. The molecule has 132 valence electrons. The van der Waals surface area contributed by atoms with Crippen LogP contribution < -0.4 is 5.32 Å². The van der Waals surface area contributed by atoms with Crippen molar-refractivity contribution in [3.8, 4) is 11.5 Å². The lowest BCUT2D eigenvalue weighted by Crippen LogP contribution is -2.23. The van der Waals surface area contributed by atoms with Crippen molar-refractivity contribution in [3.05, 3.63) is 58.5 Å². The molecule has 0 unspecified atom stereocenters. The minimum Gasteiger partial charge on any atom is -0.421 e. The number of thiophene rings is 1. The van der Waals surface area contributed by atoms with E-state index in [1.165, 1.54) is 0 Å². The van der Waals surface area contributed by atoms with Crippen LogP contribution in [0, 0.1) is 6.92 Å². The van der Waals surface area contributed by atoms with Crippen molar-refractivity contribution in [2.24, 2.45) is 0 Å². The molecule has 0 saturated carbocycles. The van der Waals surface area contributed by atoms with Crippen molar-refractivity contribution < 1.29 is 9.21 Å². The number of hydrogen-bond acceptors (Lipinski definition) is 6. The second-order valence-corrected chi connectivity index (χ2v) is 6.77. The van der Waals surface area contributed by atoms with Crippen molar-refractivity contribution >= 4 is 22.9 Å². The largest absolute Gasteiger partial charge is 0.421 e. The highest BCUT2D eigenvalue weighted by Gasteiger charge is 2.11. The van der Waals surface area contributed by atoms with Crippen LogP contribution >= 0.6 is 11.3 Å². The van der Waals surface area contributed by atoms with Crippen molar-refractivity contribution in [1.29, 1.82) is 0 Å². The molecule has 0 spiro atoms. The van der Waals surface area contributed by atoms with Gasteiger partial charge in [-0.15, -0.1) is 10.2 Å². The van der Waals surface area contributed by atoms with Gasteiger partial charge in [0.15, 0.2) is 0 Å². The average molecular weight is 367 g/mol. The van der Waals surface area contributed by atoms with E-state index < -0.39 is 0 Å². The zero-order valence-corrected chi connectivity index (χ0v) is 15.0. The molecule has 4 aromatic heterocycles. The number of nitrogens with one attached hydrogen (secondary N) is 1. The molecular weight excluding hydrogens is 350 g/mol. The van der Waals surface area contributed by atoms with Crippen LogP contribution in [0.5, 0.6) is 0 Å². The third-order valence-electron chi connectivity index (χ3n) is 3.93. The number of hydrogen-bond donors (Lipinski definition) is 1. The Kier molecular flexibility index (Phi) is 4.49. The summed E-state index contributed by atoms with van der Waals surface area (Å²) >= 11 is 1.57. The Morgan fingerprint density at radius 1 is 1.35 bits per heavy atom. The summed E-state index contributed by atoms with van der Waals surface area (Å²) in [5.41, 5.74) is 3.75. The Balaban J connectivity index is 1.30. The second-order valence-electron chi connectivity index (χ2n) is 5.99. The van der Waals surface area contributed by atoms with Crippen molar-refractivity contribution in [2.45, 2.75) is 26.3 Å². The summed E-state index contributed by atoms with van der Waals surface area (Å²) in [6.45, 7) is 2.42. The van der Waals surface area contributed by atoms with E-state index in [-0.39, 0.29) is 12.3 Å². The first-order valence-electron chi connectivity index (χ1n) is 8.23. The van der Waals surface area contributed by atoms with E-state index in [4.69, 9.17) is 4.42 Å². The Bertz CT molecular complexity index is 1040. The average Bonchev–Trinajstić information content (AvgIpc) is 3.36. The van der Waals surface area contributed by atoms with Crippen molar-refractivity contribution in [1.82, 2.24) is 24.9 Å². The van der Waals surface area contributed by atoms with Crippen LogP contribution in [0.25, 0.3) is 17.1 Å². The summed E-state index contributed by atoms with van der Waals surface area (Å²) in [6.07, 6.45) is 4.58. The molecule has 26 heavy (non-hydrogen) atoms. The molecule has 1 N–H and O–H groups in total. The summed E-state index contributed by atoms with van der Waals surface area (Å²) < 4.78 is 7.52. The van der Waals surface area contributed by atoms with Crippen molar-refractivity contribution in [3.63, 3.8) is 0 Å². The molecule has 0 aliphatic rings. The van der Waals surface area contributed by atoms with Gasteiger partial charge in [-0.3, -0.25) is 4.79 Å². The first-order chi connectivity index (χ1) is 12.7. The molecule has 0 fully saturated rings. The van der Waals surface area contributed by atoms with Crippen LogP contribution in [0.1, 0.15) is 23.6 Å². The van der Waals surface area contributed by atoms with E-state index >= 15 is 0 Å². The number of carbonyl (C=O) groups is 1. The zero-order chi connectivity index (χ0) is 17.9. The molecule has 7 nitrogen and oxygen atoms in total. The summed E-state index contributed by atoms with van der Waals surface area (Å²) in [5, 5.41) is 14.8. The maximum Gasteiger partial charge on any atom is 0.248 e. The van der Waals surface area contributed by atoms with Gasteiger partial charge >= 0.3 is 0 Å². The van der Waals surface area contributed by atoms with E-state index in [1.54, 1.807) is 11.3 Å². The van der Waals surface area contributed by atoms with Gasteiger partial charge in [0.05, 0.1) is 12.2 Å². The topological polar surface area (TPSA) is 85.3 Å². The fourth-order valence-corrected chi connectivity index (χ4v) is 3.21. The maximum atomic E-state index is 12.1. The van der Waals surface area contributed by atoms with E-state index in [2.05, 4.69) is 20.5 Å². The van der Waals surface area contributed by atoms with Crippen LogP contribution in [-0.4, -0.2) is 25.5 Å². The third kappa shape index (κ3) is 3.65. The van der Waals surface area contributed by atoms with E-state index in [1.807, 2.05) is 52.7 Å². The molecule has 1 amide bonds. The fraction of sp³-hybridized carbons (Fsp3) is 0.222. The normalized spacial score (nSPS) is 11.1. The molecule has 4 heterocycles. The Morgan fingerprint density at radius 3 is 3.12 bits per heavy atom. The number of aromatic nitrogens is 4. The van der Waals surface area contributed by atoms with Gasteiger partial charge in [0.25, 0.3) is 0 Å². The van der Waals surface area contributed by atoms with Gasteiger partial charge in [0.1, 0.15) is 5.65 Å². The molecule has 4 rings (SSSR count). The highest BCUT2D eigenvalue weighted by molar-refractivity contribution is 7.08. The molecular formula is C18H17N5O2S. The smallest absolute Gasteiger partial charge is 0.248 e. The molecule has 0 bridgehead atoms. The van der Waals surface area contributed by atoms with Gasteiger partial charge in [0, 0.05) is 36.2 Å². The minimum absolute atomic E-state index is 0.0754. The molecule has 0 saturated heterocycles. The van der Waals surface area contributed by atoms with Gasteiger partial charge in [-0.25, -0.2) is 4.98 Å². The fourth-order valence-electron chi connectivity index (χ4n) is 2.58. The lowest BCUT2D eigenvalue weighted by Gasteiger charge is -2.01. The first-order valence-corrected chi connectivity index (χ1v) is 9.17. The predicted octanol–water partition coefficient (Wildman–Crippen LogP) is 3.00. The van der Waals surface area contributed by atoms with Gasteiger partial charge in [-0.2, -0.15) is 11.3 Å². The summed E-state index contributed by atoms with van der Waals surface area (Å²) in [4.78, 5) is 16.6. The lowest BCUT2D eigenvalue weighted by atomic mass is 10.3. The Labute approximate surface area is 153 Å². The molecule has 8 heteroatoms. The minimum atomic E-state index is -0.0754. The maximum absolute atomic E-state index is 12.1. The van der Waals surface area contributed by atoms with Crippen LogP contribution in [0.15, 0.2) is 45.8 Å². The summed E-state index contributed by atoms with van der Waals surface area (Å²) in [5.74, 6) is 0.875. The number of fused-ring (bicyclic) bond motifs is 1. The standard InChI is InChI=1S/C18H17N5O2S/c1-12-4-6-23-10-14(20-15(23)8-12)9-19-16(24)2-3-17-21-22-18(25-17)13-5-7-26-11-13/h4-8,10-11H,2-3,9H2,1H3,(H,19,24). The summed E-state index contributed by atoms with van der Waals surface area (Å²) in [6, 6.07) is 5.95. The Hall–Kier alpha value is -3.00. The number of carbonyl (C=O) groups excluding carboxylic acids is 1. The molecule has 0 atom stereocenters. The number of nitrogens with zero attached hydrogens (tertiary/aromatic N) is 4. The third-order valence-corrected chi connectivity index (χ3v) is 4.62. The Morgan fingerprint density at radius 2 is 2.27 bits per heavy atom. The van der Waals surface area contributed by atoms with Crippen molar-refractivity contribution in [2.75, 3.05) is 0 Å². The highest BCUT2D eigenvalue weighted by Crippen LogP contribution is 2.20. The molecule has 0 aliphatic carbocycles. The summed E-state index contributed by atoms with van der Waals surface area (Å²) in [7, 11) is 0. The van der Waals surface area contributed by atoms with Gasteiger partial charge in [0.2, 0.25) is 17.7 Å². The van der Waals surface area contributed by atoms with E-state index in [0.29, 0.717) is 24.7 Å². The SMILES string of the molecule is Cc1ccn2cc(CNC(=O)CCc3nnc(-c4ccsc4)o3)nc2c1. The molecule has 0 aromatic carbocycles. The molecule has 0 aliphatic heterocycles. The van der Waals surface area contributed by atoms with Gasteiger partial charge in [-0.05, 0) is 36.1 Å². The first kappa shape index (κ1) is 16.5.